The monoisotopic (exact) mass is 192 g/mol. The van der Waals surface area contributed by atoms with Gasteiger partial charge in [0.1, 0.15) is 11.7 Å². The van der Waals surface area contributed by atoms with Gasteiger partial charge in [0.05, 0.1) is 4.90 Å². The first-order valence-corrected chi connectivity index (χ1v) is 4.86. The lowest BCUT2D eigenvalue weighted by atomic mass is 10.1. The van der Waals surface area contributed by atoms with Crippen LogP contribution in [0, 0.1) is 0 Å². The van der Waals surface area contributed by atoms with Gasteiger partial charge < -0.3 is 4.74 Å². The van der Waals surface area contributed by atoms with Gasteiger partial charge in [-0.1, -0.05) is 18.3 Å². The Bertz CT molecular complexity index is 371. The van der Waals surface area contributed by atoms with Crippen LogP contribution >= 0.6 is 11.8 Å². The Kier molecular flexibility index (Phi) is 2.10. The molecule has 0 radical (unpaired) electrons. The maximum absolute atomic E-state index is 11.2. The van der Waals surface area contributed by atoms with Gasteiger partial charge in [0.15, 0.2) is 5.78 Å². The molecule has 66 valence electrons. The van der Waals surface area contributed by atoms with Gasteiger partial charge in [-0.15, -0.1) is 0 Å². The minimum atomic E-state index is -0.0460. The molecule has 0 bridgehead atoms. The summed E-state index contributed by atoms with van der Waals surface area (Å²) in [6.45, 7) is 3.44. The van der Waals surface area contributed by atoms with Gasteiger partial charge in [0.2, 0.25) is 0 Å². The van der Waals surface area contributed by atoms with Crippen molar-refractivity contribution in [3.05, 3.63) is 36.4 Å². The molecule has 0 aromatic heterocycles. The van der Waals surface area contributed by atoms with Crippen LogP contribution in [0.3, 0.4) is 0 Å². The van der Waals surface area contributed by atoms with Gasteiger partial charge in [-0.2, -0.15) is 0 Å². The van der Waals surface area contributed by atoms with Crippen molar-refractivity contribution in [2.45, 2.75) is 4.90 Å². The molecule has 0 fully saturated rings. The van der Waals surface area contributed by atoms with E-state index in [1.54, 1.807) is 17.8 Å². The Morgan fingerprint density at radius 3 is 3.23 bits per heavy atom. The summed E-state index contributed by atoms with van der Waals surface area (Å²) < 4.78 is 5.29. The average Bonchev–Trinajstić information content (AvgIpc) is 2.63. The molecule has 0 saturated heterocycles. The maximum atomic E-state index is 11.2. The third-order valence-corrected chi connectivity index (χ3v) is 2.71. The molecule has 2 rings (SSSR count). The molecular weight excluding hydrogens is 184 g/mol. The first kappa shape index (κ1) is 8.38. The number of allylic oxidation sites excluding steroid dienone is 1. The van der Waals surface area contributed by atoms with Crippen LogP contribution in [0.4, 0.5) is 0 Å². The van der Waals surface area contributed by atoms with Crippen LogP contribution in [0.5, 0.6) is 5.75 Å². The highest BCUT2D eigenvalue weighted by molar-refractivity contribution is 7.99. The first-order valence-electron chi connectivity index (χ1n) is 3.87. The number of fused-ring (bicyclic) bond motifs is 1. The normalized spacial score (nSPS) is 13.2. The third kappa shape index (κ3) is 1.47. The van der Waals surface area contributed by atoms with E-state index in [-0.39, 0.29) is 5.78 Å². The van der Waals surface area contributed by atoms with E-state index in [4.69, 9.17) is 4.74 Å². The van der Waals surface area contributed by atoms with Crippen molar-refractivity contribution in [1.82, 2.24) is 0 Å². The summed E-state index contributed by atoms with van der Waals surface area (Å²) in [6.07, 6.45) is 1.32. The lowest BCUT2D eigenvalue weighted by Crippen LogP contribution is -1.92. The molecule has 0 spiro atoms. The van der Waals surface area contributed by atoms with Crippen molar-refractivity contribution < 1.29 is 9.53 Å². The zero-order chi connectivity index (χ0) is 9.26. The maximum Gasteiger partial charge on any atom is 0.185 e. The number of carbonyl (C=O) groups is 1. The van der Waals surface area contributed by atoms with Gasteiger partial charge >= 0.3 is 0 Å². The number of thioether (sulfide) groups is 1. The molecule has 0 saturated carbocycles. The van der Waals surface area contributed by atoms with Crippen LogP contribution in [-0.2, 0) is 0 Å². The molecular formula is C10H8O2S. The summed E-state index contributed by atoms with van der Waals surface area (Å²) in [5, 5.41) is 0. The van der Waals surface area contributed by atoms with E-state index in [9.17, 15) is 4.79 Å². The van der Waals surface area contributed by atoms with E-state index in [2.05, 4.69) is 6.58 Å². The van der Waals surface area contributed by atoms with E-state index >= 15 is 0 Å². The lowest BCUT2D eigenvalue weighted by Gasteiger charge is -1.98. The van der Waals surface area contributed by atoms with Crippen molar-refractivity contribution in [1.29, 1.82) is 0 Å². The second-order valence-electron chi connectivity index (χ2n) is 2.64. The number of carbonyl (C=O) groups excluding carboxylic acids is 1. The summed E-state index contributed by atoms with van der Waals surface area (Å²) in [6, 6.07) is 5.43. The van der Waals surface area contributed by atoms with Crippen molar-refractivity contribution in [3.63, 3.8) is 0 Å². The van der Waals surface area contributed by atoms with Crippen LogP contribution in [0.1, 0.15) is 10.4 Å². The Morgan fingerprint density at radius 1 is 1.62 bits per heavy atom. The highest BCUT2D eigenvalue weighted by Gasteiger charge is 2.14. The molecule has 0 aliphatic carbocycles. The first-order chi connectivity index (χ1) is 6.31. The standard InChI is InChI=1S/C10H8O2S/c1-2-8(11)7-3-4-9-10(5-7)13-6-12-9/h2-5H,1,6H2. The quantitative estimate of drug-likeness (QED) is 0.532. The second-order valence-corrected chi connectivity index (χ2v) is 3.60. The number of ketones is 1. The van der Waals surface area contributed by atoms with Gasteiger partial charge in [0.25, 0.3) is 0 Å². The zero-order valence-corrected chi connectivity index (χ0v) is 7.76. The van der Waals surface area contributed by atoms with Gasteiger partial charge in [-0.05, 0) is 24.3 Å². The summed E-state index contributed by atoms with van der Waals surface area (Å²) in [5.41, 5.74) is 0.673. The largest absolute Gasteiger partial charge is 0.481 e. The number of hydrogen-bond acceptors (Lipinski definition) is 3. The van der Waals surface area contributed by atoms with Gasteiger partial charge in [0, 0.05) is 5.56 Å². The van der Waals surface area contributed by atoms with E-state index in [1.165, 1.54) is 6.08 Å². The molecule has 1 heterocycles. The molecule has 1 aromatic carbocycles. The second kappa shape index (κ2) is 3.26. The SMILES string of the molecule is C=CC(=O)c1ccc2c(c1)SCO2. The molecule has 1 aliphatic heterocycles. The fourth-order valence-electron chi connectivity index (χ4n) is 1.17. The Balaban J connectivity index is 2.41. The molecule has 1 aromatic rings. The van der Waals surface area contributed by atoms with E-state index < -0.39 is 0 Å². The van der Waals surface area contributed by atoms with Gasteiger partial charge in [-0.25, -0.2) is 0 Å². The van der Waals surface area contributed by atoms with Crippen molar-refractivity contribution in [3.8, 4) is 5.75 Å². The molecule has 1 aliphatic rings. The predicted molar refractivity (Wildman–Crippen MR) is 52.3 cm³/mol. The highest BCUT2D eigenvalue weighted by Crippen LogP contribution is 2.36. The van der Waals surface area contributed by atoms with Crippen LogP contribution in [0.15, 0.2) is 35.7 Å². The van der Waals surface area contributed by atoms with Crippen LogP contribution in [0.2, 0.25) is 0 Å². The number of rotatable bonds is 2. The Labute approximate surface area is 80.6 Å². The summed E-state index contributed by atoms with van der Waals surface area (Å²) in [7, 11) is 0. The minimum Gasteiger partial charge on any atom is -0.481 e. The molecule has 2 nitrogen and oxygen atoms in total. The minimum absolute atomic E-state index is 0.0460. The molecule has 0 atom stereocenters. The topological polar surface area (TPSA) is 26.3 Å². The van der Waals surface area contributed by atoms with E-state index in [0.717, 1.165) is 10.6 Å². The fraction of sp³-hybridized carbons (Fsp3) is 0.100. The number of hydrogen-bond donors (Lipinski definition) is 0. The van der Waals surface area contributed by atoms with E-state index in [1.807, 2.05) is 12.1 Å². The zero-order valence-electron chi connectivity index (χ0n) is 6.95. The molecule has 13 heavy (non-hydrogen) atoms. The summed E-state index contributed by atoms with van der Waals surface area (Å²) in [4.78, 5) is 12.3. The van der Waals surface area contributed by atoms with Gasteiger partial charge in [-0.3, -0.25) is 4.79 Å². The smallest absolute Gasteiger partial charge is 0.185 e. The Morgan fingerprint density at radius 2 is 2.46 bits per heavy atom. The number of benzene rings is 1. The number of ether oxygens (including phenoxy) is 1. The van der Waals surface area contributed by atoms with Crippen LogP contribution in [-0.4, -0.2) is 11.7 Å². The van der Waals surface area contributed by atoms with Crippen molar-refractivity contribution in [2.24, 2.45) is 0 Å². The molecule has 0 unspecified atom stereocenters. The van der Waals surface area contributed by atoms with Crippen molar-refractivity contribution in [2.75, 3.05) is 5.94 Å². The predicted octanol–water partition coefficient (Wildman–Crippen LogP) is 2.50. The molecule has 0 N–H and O–H groups in total. The average molecular weight is 192 g/mol. The molecule has 3 heteroatoms. The highest BCUT2D eigenvalue weighted by atomic mass is 32.2. The van der Waals surface area contributed by atoms with Crippen LogP contribution in [0.25, 0.3) is 0 Å². The summed E-state index contributed by atoms with van der Waals surface area (Å²) >= 11 is 1.60. The van der Waals surface area contributed by atoms with Crippen molar-refractivity contribution >= 4 is 17.5 Å². The molecule has 0 amide bonds. The third-order valence-electron chi connectivity index (χ3n) is 1.84. The van der Waals surface area contributed by atoms with Crippen LogP contribution < -0.4 is 4.74 Å². The summed E-state index contributed by atoms with van der Waals surface area (Å²) in [5.74, 6) is 1.46. The Hall–Kier alpha value is -1.22. The fourth-order valence-corrected chi connectivity index (χ4v) is 1.96. The lowest BCUT2D eigenvalue weighted by molar-refractivity contribution is 0.104. The van der Waals surface area contributed by atoms with E-state index in [0.29, 0.717) is 11.5 Å².